The van der Waals surface area contributed by atoms with Gasteiger partial charge < -0.3 is 19.3 Å². The average molecular weight is 252 g/mol. The fourth-order valence-corrected chi connectivity index (χ4v) is 2.38. The lowest BCUT2D eigenvalue weighted by atomic mass is 10.1. The summed E-state index contributed by atoms with van der Waals surface area (Å²) < 4.78 is 16.0. The predicted octanol–water partition coefficient (Wildman–Crippen LogP) is 1.70. The molecule has 0 saturated heterocycles. The first kappa shape index (κ1) is 13.3. The molecular formula is C14H20O4. The summed E-state index contributed by atoms with van der Waals surface area (Å²) in [7, 11) is 3.27. The van der Waals surface area contributed by atoms with E-state index in [4.69, 9.17) is 14.2 Å². The quantitative estimate of drug-likeness (QED) is 0.866. The van der Waals surface area contributed by atoms with Crippen molar-refractivity contribution >= 4 is 0 Å². The number of ether oxygens (including phenoxy) is 3. The van der Waals surface area contributed by atoms with Crippen LogP contribution in [0.15, 0.2) is 18.2 Å². The van der Waals surface area contributed by atoms with E-state index in [1.165, 1.54) is 0 Å². The van der Waals surface area contributed by atoms with Gasteiger partial charge in [-0.25, -0.2) is 0 Å². The molecule has 0 bridgehead atoms. The Hall–Kier alpha value is -1.10. The number of fused-ring (bicyclic) bond motifs is 1. The molecule has 3 unspecified atom stereocenters. The molecule has 1 aromatic carbocycles. The number of methoxy groups -OCH3 is 2. The van der Waals surface area contributed by atoms with E-state index in [0.29, 0.717) is 6.61 Å². The SMILES string of the molecule is COCC(C)OC1Cc2ccc(OC)cc2C1O. The monoisotopic (exact) mass is 252 g/mol. The van der Waals surface area contributed by atoms with Crippen LogP contribution in [-0.2, 0) is 15.9 Å². The van der Waals surface area contributed by atoms with Gasteiger partial charge >= 0.3 is 0 Å². The molecule has 0 amide bonds. The van der Waals surface area contributed by atoms with Crippen LogP contribution in [-0.4, -0.2) is 38.1 Å². The molecule has 3 atom stereocenters. The second-order valence-corrected chi connectivity index (χ2v) is 4.65. The predicted molar refractivity (Wildman–Crippen MR) is 67.9 cm³/mol. The molecule has 0 spiro atoms. The van der Waals surface area contributed by atoms with Crippen molar-refractivity contribution in [3.8, 4) is 5.75 Å². The van der Waals surface area contributed by atoms with Crippen LogP contribution < -0.4 is 4.74 Å². The Morgan fingerprint density at radius 3 is 2.83 bits per heavy atom. The van der Waals surface area contributed by atoms with Crippen molar-refractivity contribution in [2.45, 2.75) is 31.7 Å². The van der Waals surface area contributed by atoms with Gasteiger partial charge in [0, 0.05) is 13.5 Å². The van der Waals surface area contributed by atoms with E-state index in [0.717, 1.165) is 23.3 Å². The van der Waals surface area contributed by atoms with E-state index in [1.807, 2.05) is 25.1 Å². The van der Waals surface area contributed by atoms with Crippen LogP contribution in [0.5, 0.6) is 5.75 Å². The summed E-state index contributed by atoms with van der Waals surface area (Å²) in [6.07, 6.45) is -0.0771. The zero-order valence-electron chi connectivity index (χ0n) is 11.1. The molecule has 0 fully saturated rings. The summed E-state index contributed by atoms with van der Waals surface area (Å²) in [5, 5.41) is 10.3. The van der Waals surface area contributed by atoms with Gasteiger partial charge in [0.2, 0.25) is 0 Å². The Bertz CT molecular complexity index is 405. The minimum absolute atomic E-state index is 0.0224. The number of rotatable bonds is 5. The number of hydrogen-bond acceptors (Lipinski definition) is 4. The molecule has 0 aromatic heterocycles. The third-order valence-electron chi connectivity index (χ3n) is 3.25. The molecule has 1 aliphatic rings. The molecule has 1 aliphatic carbocycles. The highest BCUT2D eigenvalue weighted by Crippen LogP contribution is 2.36. The molecule has 0 aliphatic heterocycles. The van der Waals surface area contributed by atoms with Gasteiger partial charge in [-0.15, -0.1) is 0 Å². The minimum Gasteiger partial charge on any atom is -0.497 e. The summed E-state index contributed by atoms with van der Waals surface area (Å²) in [6, 6.07) is 5.78. The van der Waals surface area contributed by atoms with E-state index >= 15 is 0 Å². The van der Waals surface area contributed by atoms with Crippen LogP contribution in [0, 0.1) is 0 Å². The molecule has 18 heavy (non-hydrogen) atoms. The zero-order chi connectivity index (χ0) is 13.1. The minimum atomic E-state index is -0.589. The Kier molecular flexibility index (Phi) is 4.22. The Balaban J connectivity index is 2.07. The van der Waals surface area contributed by atoms with Crippen molar-refractivity contribution in [1.82, 2.24) is 0 Å². The number of hydrogen-bond donors (Lipinski definition) is 1. The van der Waals surface area contributed by atoms with Gasteiger partial charge in [0.05, 0.1) is 25.9 Å². The summed E-state index contributed by atoms with van der Waals surface area (Å²) in [4.78, 5) is 0. The van der Waals surface area contributed by atoms with Crippen LogP contribution in [0.4, 0.5) is 0 Å². The fraction of sp³-hybridized carbons (Fsp3) is 0.571. The van der Waals surface area contributed by atoms with E-state index in [2.05, 4.69) is 0 Å². The van der Waals surface area contributed by atoms with E-state index < -0.39 is 6.10 Å². The van der Waals surface area contributed by atoms with Crippen LogP contribution in [0.25, 0.3) is 0 Å². The van der Waals surface area contributed by atoms with E-state index in [1.54, 1.807) is 14.2 Å². The lowest BCUT2D eigenvalue weighted by Crippen LogP contribution is -2.26. The smallest absolute Gasteiger partial charge is 0.119 e. The number of aliphatic hydroxyl groups is 1. The topological polar surface area (TPSA) is 47.9 Å². The third-order valence-corrected chi connectivity index (χ3v) is 3.25. The normalized spacial score (nSPS) is 23.8. The molecule has 0 radical (unpaired) electrons. The van der Waals surface area contributed by atoms with Crippen molar-refractivity contribution < 1.29 is 19.3 Å². The highest BCUT2D eigenvalue weighted by Gasteiger charge is 2.33. The van der Waals surface area contributed by atoms with Crippen molar-refractivity contribution in [3.05, 3.63) is 29.3 Å². The lowest BCUT2D eigenvalue weighted by molar-refractivity contribution is -0.0831. The van der Waals surface area contributed by atoms with Gasteiger partial charge in [-0.1, -0.05) is 6.07 Å². The van der Waals surface area contributed by atoms with Crippen molar-refractivity contribution in [2.24, 2.45) is 0 Å². The summed E-state index contributed by atoms with van der Waals surface area (Å²) in [6.45, 7) is 2.47. The van der Waals surface area contributed by atoms with Gasteiger partial charge in [-0.2, -0.15) is 0 Å². The van der Waals surface area contributed by atoms with Crippen molar-refractivity contribution in [1.29, 1.82) is 0 Å². The fourth-order valence-electron chi connectivity index (χ4n) is 2.38. The molecule has 4 nitrogen and oxygen atoms in total. The maximum Gasteiger partial charge on any atom is 0.119 e. The maximum absolute atomic E-state index is 10.3. The standard InChI is InChI=1S/C14H20O4/c1-9(8-16-2)18-13-6-10-4-5-11(17-3)7-12(10)14(13)15/h4-5,7,9,13-15H,6,8H2,1-3H3. The van der Waals surface area contributed by atoms with Gasteiger partial charge in [0.25, 0.3) is 0 Å². The molecule has 0 heterocycles. The first-order valence-electron chi connectivity index (χ1n) is 6.15. The molecule has 100 valence electrons. The molecular weight excluding hydrogens is 232 g/mol. The zero-order valence-corrected chi connectivity index (χ0v) is 11.1. The molecule has 4 heteroatoms. The molecule has 0 saturated carbocycles. The maximum atomic E-state index is 10.3. The summed E-state index contributed by atoms with van der Waals surface area (Å²) in [5.41, 5.74) is 2.03. The molecule has 1 N–H and O–H groups in total. The summed E-state index contributed by atoms with van der Waals surface area (Å²) >= 11 is 0. The van der Waals surface area contributed by atoms with Crippen LogP contribution in [0.1, 0.15) is 24.2 Å². The van der Waals surface area contributed by atoms with E-state index in [-0.39, 0.29) is 12.2 Å². The van der Waals surface area contributed by atoms with Crippen molar-refractivity contribution in [2.75, 3.05) is 20.8 Å². The molecule has 1 aromatic rings. The lowest BCUT2D eigenvalue weighted by Gasteiger charge is -2.21. The molecule has 2 rings (SSSR count). The third kappa shape index (κ3) is 2.66. The average Bonchev–Trinajstić information content (AvgIpc) is 2.66. The van der Waals surface area contributed by atoms with Gasteiger partial charge in [-0.05, 0) is 30.2 Å². The van der Waals surface area contributed by atoms with Crippen molar-refractivity contribution in [3.63, 3.8) is 0 Å². The number of aliphatic hydroxyl groups excluding tert-OH is 1. The van der Waals surface area contributed by atoms with E-state index in [9.17, 15) is 5.11 Å². The summed E-state index contributed by atoms with van der Waals surface area (Å²) in [5.74, 6) is 0.762. The first-order valence-corrected chi connectivity index (χ1v) is 6.15. The van der Waals surface area contributed by atoms with Gasteiger partial charge in [0.15, 0.2) is 0 Å². The van der Waals surface area contributed by atoms with Crippen LogP contribution in [0.2, 0.25) is 0 Å². The largest absolute Gasteiger partial charge is 0.497 e. The van der Waals surface area contributed by atoms with Gasteiger partial charge in [-0.3, -0.25) is 0 Å². The highest BCUT2D eigenvalue weighted by atomic mass is 16.5. The Labute approximate surface area is 107 Å². The second kappa shape index (κ2) is 5.69. The Morgan fingerprint density at radius 1 is 1.39 bits per heavy atom. The van der Waals surface area contributed by atoms with Gasteiger partial charge in [0.1, 0.15) is 11.9 Å². The second-order valence-electron chi connectivity index (χ2n) is 4.65. The number of benzene rings is 1. The Morgan fingerprint density at radius 2 is 2.17 bits per heavy atom. The van der Waals surface area contributed by atoms with Crippen LogP contribution in [0.3, 0.4) is 0 Å². The first-order chi connectivity index (χ1) is 8.65. The highest BCUT2D eigenvalue weighted by molar-refractivity contribution is 5.41. The van der Waals surface area contributed by atoms with Crippen LogP contribution >= 0.6 is 0 Å².